The van der Waals surface area contributed by atoms with Crippen LogP contribution in [0, 0.1) is 6.92 Å². The third kappa shape index (κ3) is 5.35. The number of carbonyl (C=O) groups excluding carboxylic acids is 1. The highest BCUT2D eigenvalue weighted by Gasteiger charge is 2.30. The van der Waals surface area contributed by atoms with E-state index < -0.39 is 11.7 Å². The molecule has 0 aliphatic carbocycles. The van der Waals surface area contributed by atoms with Crippen molar-refractivity contribution in [3.63, 3.8) is 0 Å². The number of nitrogens with zero attached hydrogens (tertiary/aromatic N) is 2. The van der Waals surface area contributed by atoms with Crippen LogP contribution in [0.2, 0.25) is 0 Å². The molecule has 2 aromatic carbocycles. The maximum Gasteiger partial charge on any atom is 0.416 e. The Morgan fingerprint density at radius 2 is 1.64 bits per heavy atom. The molecule has 0 saturated carbocycles. The lowest BCUT2D eigenvalue weighted by atomic mass is 9.95. The van der Waals surface area contributed by atoms with Gasteiger partial charge in [-0.2, -0.15) is 13.2 Å². The molecule has 1 aliphatic rings. The Hall–Kier alpha value is -3.35. The molecule has 33 heavy (non-hydrogen) atoms. The van der Waals surface area contributed by atoms with Crippen LogP contribution in [0.4, 0.5) is 24.7 Å². The van der Waals surface area contributed by atoms with E-state index in [2.05, 4.69) is 15.2 Å². The Bertz CT molecular complexity index is 1100. The number of halogens is 3. The predicted molar refractivity (Wildman–Crippen MR) is 124 cm³/mol. The van der Waals surface area contributed by atoms with E-state index >= 15 is 0 Å². The number of amides is 1. The molecule has 0 unspecified atom stereocenters. The third-order valence-electron chi connectivity index (χ3n) is 6.04. The third-order valence-corrected chi connectivity index (χ3v) is 6.04. The largest absolute Gasteiger partial charge is 0.416 e. The van der Waals surface area contributed by atoms with Gasteiger partial charge in [-0.1, -0.05) is 37.1 Å². The minimum absolute atomic E-state index is 0.286. The predicted octanol–water partition coefficient (Wildman–Crippen LogP) is 6.71. The van der Waals surface area contributed by atoms with Crippen LogP contribution < -0.4 is 10.2 Å². The van der Waals surface area contributed by atoms with Crippen molar-refractivity contribution >= 4 is 17.4 Å². The van der Waals surface area contributed by atoms with Crippen molar-refractivity contribution in [2.45, 2.75) is 38.8 Å². The lowest BCUT2D eigenvalue weighted by Gasteiger charge is -2.21. The second-order valence-electron chi connectivity index (χ2n) is 8.31. The Morgan fingerprint density at radius 3 is 2.24 bits per heavy atom. The van der Waals surface area contributed by atoms with E-state index in [0.29, 0.717) is 27.9 Å². The van der Waals surface area contributed by atoms with Gasteiger partial charge in [-0.05, 0) is 66.8 Å². The molecule has 0 spiro atoms. The van der Waals surface area contributed by atoms with Crippen LogP contribution >= 0.6 is 0 Å². The molecule has 2 heterocycles. The monoisotopic (exact) mass is 453 g/mol. The van der Waals surface area contributed by atoms with Crippen molar-refractivity contribution in [1.82, 2.24) is 4.98 Å². The summed E-state index contributed by atoms with van der Waals surface area (Å²) in [6.45, 7) is 3.78. The quantitative estimate of drug-likeness (QED) is 0.478. The molecule has 1 aliphatic heterocycles. The first kappa shape index (κ1) is 22.8. The zero-order chi connectivity index (χ0) is 23.4. The molecule has 1 aromatic heterocycles. The minimum atomic E-state index is -4.38. The summed E-state index contributed by atoms with van der Waals surface area (Å²) in [5.41, 5.74) is 2.39. The molecule has 172 valence electrons. The first-order valence-electron chi connectivity index (χ1n) is 11.1. The number of alkyl halides is 3. The van der Waals surface area contributed by atoms with Crippen LogP contribution in [0.3, 0.4) is 0 Å². The highest BCUT2D eigenvalue weighted by atomic mass is 19.4. The van der Waals surface area contributed by atoms with Crippen molar-refractivity contribution in [3.05, 3.63) is 77.5 Å². The molecule has 4 rings (SSSR count). The Balaban J connectivity index is 1.50. The smallest absolute Gasteiger partial charge is 0.357 e. The highest BCUT2D eigenvalue weighted by Crippen LogP contribution is 2.32. The topological polar surface area (TPSA) is 45.2 Å². The molecule has 0 radical (unpaired) electrons. The molecule has 1 amide bonds. The van der Waals surface area contributed by atoms with Gasteiger partial charge in [-0.15, -0.1) is 0 Å². The molecule has 1 fully saturated rings. The number of anilines is 2. The van der Waals surface area contributed by atoms with Gasteiger partial charge in [0.1, 0.15) is 5.82 Å². The number of benzene rings is 2. The van der Waals surface area contributed by atoms with Crippen LogP contribution in [-0.4, -0.2) is 24.0 Å². The molecule has 1 N–H and O–H groups in total. The molecular weight excluding hydrogens is 427 g/mol. The molecule has 1 saturated heterocycles. The SMILES string of the molecule is Cc1c(C(=O)Nc2ccc(N3CCCCCC3)nc2)cccc1-c1ccc(C(F)(F)F)cc1. The zero-order valence-electron chi connectivity index (χ0n) is 18.5. The number of pyridine rings is 1. The lowest BCUT2D eigenvalue weighted by Crippen LogP contribution is -2.24. The fourth-order valence-corrected chi connectivity index (χ4v) is 4.18. The number of nitrogens with one attached hydrogen (secondary N) is 1. The second kappa shape index (κ2) is 9.65. The number of rotatable bonds is 4. The van der Waals surface area contributed by atoms with Gasteiger partial charge in [-0.3, -0.25) is 4.79 Å². The zero-order valence-corrected chi connectivity index (χ0v) is 18.5. The van der Waals surface area contributed by atoms with Gasteiger partial charge >= 0.3 is 6.18 Å². The summed E-state index contributed by atoms with van der Waals surface area (Å²) < 4.78 is 38.6. The average molecular weight is 454 g/mol. The number of hydrogen-bond acceptors (Lipinski definition) is 3. The molecule has 7 heteroatoms. The van der Waals surface area contributed by atoms with E-state index in [0.717, 1.165) is 43.9 Å². The minimum Gasteiger partial charge on any atom is -0.357 e. The standard InChI is InChI=1S/C26H26F3N3O/c1-18-22(19-9-11-20(12-10-19)26(27,28)29)7-6-8-23(18)25(33)31-21-13-14-24(30-17-21)32-15-4-2-3-5-16-32/h6-14,17H,2-5,15-16H2,1H3,(H,31,33). The maximum atomic E-state index is 12.9. The van der Waals surface area contributed by atoms with Gasteiger partial charge in [0.2, 0.25) is 0 Å². The van der Waals surface area contributed by atoms with E-state index in [1.807, 2.05) is 12.1 Å². The van der Waals surface area contributed by atoms with Gasteiger partial charge in [0.15, 0.2) is 0 Å². The summed E-state index contributed by atoms with van der Waals surface area (Å²) in [7, 11) is 0. The second-order valence-corrected chi connectivity index (χ2v) is 8.31. The molecule has 0 bridgehead atoms. The van der Waals surface area contributed by atoms with E-state index in [-0.39, 0.29) is 5.91 Å². The van der Waals surface area contributed by atoms with Crippen molar-refractivity contribution in [1.29, 1.82) is 0 Å². The van der Waals surface area contributed by atoms with E-state index in [1.165, 1.54) is 25.0 Å². The Kier molecular flexibility index (Phi) is 6.67. The highest BCUT2D eigenvalue weighted by molar-refractivity contribution is 6.06. The average Bonchev–Trinajstić information content (AvgIpc) is 3.09. The maximum absolute atomic E-state index is 12.9. The number of carbonyl (C=O) groups is 1. The molecule has 4 nitrogen and oxygen atoms in total. The van der Waals surface area contributed by atoms with Crippen LogP contribution in [0.1, 0.15) is 47.2 Å². The first-order chi connectivity index (χ1) is 15.8. The van der Waals surface area contributed by atoms with Gasteiger partial charge in [0.25, 0.3) is 5.91 Å². The fourth-order valence-electron chi connectivity index (χ4n) is 4.18. The summed E-state index contributed by atoms with van der Waals surface area (Å²) in [6, 6.07) is 14.0. The van der Waals surface area contributed by atoms with Crippen molar-refractivity contribution in [3.8, 4) is 11.1 Å². The lowest BCUT2D eigenvalue weighted by molar-refractivity contribution is -0.137. The van der Waals surface area contributed by atoms with E-state index in [1.54, 1.807) is 31.3 Å². The van der Waals surface area contributed by atoms with Gasteiger partial charge in [0, 0.05) is 18.7 Å². The summed E-state index contributed by atoms with van der Waals surface area (Å²) in [6.07, 6.45) is 2.09. The fraction of sp³-hybridized carbons (Fsp3) is 0.308. The van der Waals surface area contributed by atoms with Crippen LogP contribution in [-0.2, 0) is 6.18 Å². The summed E-state index contributed by atoms with van der Waals surface area (Å²) in [4.78, 5) is 19.7. The van der Waals surface area contributed by atoms with Crippen LogP contribution in [0.15, 0.2) is 60.8 Å². The van der Waals surface area contributed by atoms with Crippen LogP contribution in [0.5, 0.6) is 0 Å². The number of hydrogen-bond donors (Lipinski definition) is 1. The summed E-state index contributed by atoms with van der Waals surface area (Å²) in [5.74, 6) is 0.626. The number of aromatic nitrogens is 1. The Morgan fingerprint density at radius 1 is 0.939 bits per heavy atom. The van der Waals surface area contributed by atoms with Gasteiger partial charge < -0.3 is 10.2 Å². The Labute approximate surface area is 191 Å². The van der Waals surface area contributed by atoms with Crippen molar-refractivity contribution in [2.24, 2.45) is 0 Å². The van der Waals surface area contributed by atoms with Gasteiger partial charge in [0.05, 0.1) is 17.4 Å². The van der Waals surface area contributed by atoms with E-state index in [4.69, 9.17) is 0 Å². The molecule has 0 atom stereocenters. The molecular formula is C26H26F3N3O. The normalized spacial score (nSPS) is 14.6. The van der Waals surface area contributed by atoms with Crippen LogP contribution in [0.25, 0.3) is 11.1 Å². The summed E-state index contributed by atoms with van der Waals surface area (Å²) >= 11 is 0. The van der Waals surface area contributed by atoms with Crippen molar-refractivity contribution < 1.29 is 18.0 Å². The molecule has 3 aromatic rings. The van der Waals surface area contributed by atoms with E-state index in [9.17, 15) is 18.0 Å². The van der Waals surface area contributed by atoms with Crippen molar-refractivity contribution in [2.75, 3.05) is 23.3 Å². The first-order valence-corrected chi connectivity index (χ1v) is 11.1. The summed E-state index contributed by atoms with van der Waals surface area (Å²) in [5, 5.41) is 2.88. The van der Waals surface area contributed by atoms with Gasteiger partial charge in [-0.25, -0.2) is 4.98 Å².